The molecule has 1 aromatic rings. The number of hydrogen-bond donors (Lipinski definition) is 1. The van der Waals surface area contributed by atoms with Gasteiger partial charge in [-0.3, -0.25) is 4.79 Å². The number of ether oxygens (including phenoxy) is 1. The van der Waals surface area contributed by atoms with Crippen LogP contribution in [0.4, 0.5) is 0 Å². The number of rotatable bonds is 6. The number of benzene rings is 1. The zero-order valence-electron chi connectivity index (χ0n) is 9.62. The minimum absolute atomic E-state index is 0.00581. The fourth-order valence-corrected chi connectivity index (χ4v) is 1.81. The first kappa shape index (κ1) is 12.4. The fraction of sp³-hybridized carbons (Fsp3) is 0.462. The summed E-state index contributed by atoms with van der Waals surface area (Å²) in [5.74, 6) is 1.35. The number of nitrogens with two attached hydrogens (primary N) is 1. The highest BCUT2D eigenvalue weighted by Gasteiger charge is 2.22. The number of carbonyl (C=O) groups is 1. The average molecular weight is 254 g/mol. The van der Waals surface area contributed by atoms with Gasteiger partial charge in [0, 0.05) is 17.0 Å². The molecule has 1 aliphatic rings. The van der Waals surface area contributed by atoms with Crippen LogP contribution in [0.2, 0.25) is 5.02 Å². The van der Waals surface area contributed by atoms with E-state index in [2.05, 4.69) is 0 Å². The smallest absolute Gasteiger partial charge is 0.164 e. The molecule has 0 radical (unpaired) electrons. The van der Waals surface area contributed by atoms with Crippen molar-refractivity contribution in [1.82, 2.24) is 0 Å². The van der Waals surface area contributed by atoms with Crippen molar-refractivity contribution in [2.45, 2.75) is 19.3 Å². The van der Waals surface area contributed by atoms with Crippen molar-refractivity contribution in [2.75, 3.05) is 13.2 Å². The monoisotopic (exact) mass is 253 g/mol. The van der Waals surface area contributed by atoms with E-state index in [1.54, 1.807) is 18.2 Å². The number of carbonyl (C=O) groups excluding carboxylic acids is 1. The van der Waals surface area contributed by atoms with E-state index in [0.29, 0.717) is 41.8 Å². The van der Waals surface area contributed by atoms with Gasteiger partial charge in [-0.25, -0.2) is 0 Å². The van der Waals surface area contributed by atoms with Crippen molar-refractivity contribution in [3.05, 3.63) is 28.8 Å². The lowest BCUT2D eigenvalue weighted by molar-refractivity contribution is 0.0985. The largest absolute Gasteiger partial charge is 0.493 e. The molecule has 1 aromatic carbocycles. The highest BCUT2D eigenvalue weighted by atomic mass is 35.5. The van der Waals surface area contributed by atoms with E-state index in [4.69, 9.17) is 22.1 Å². The predicted molar refractivity (Wildman–Crippen MR) is 67.7 cm³/mol. The maximum Gasteiger partial charge on any atom is 0.164 e. The molecule has 0 atom stereocenters. The van der Waals surface area contributed by atoms with Gasteiger partial charge in [-0.1, -0.05) is 11.6 Å². The van der Waals surface area contributed by atoms with Gasteiger partial charge < -0.3 is 10.5 Å². The van der Waals surface area contributed by atoms with Gasteiger partial charge in [0.25, 0.3) is 0 Å². The Hall–Kier alpha value is -1.06. The van der Waals surface area contributed by atoms with E-state index in [1.807, 2.05) is 0 Å². The normalized spacial score (nSPS) is 14.7. The molecule has 92 valence electrons. The summed E-state index contributed by atoms with van der Waals surface area (Å²) in [4.78, 5) is 11.7. The molecule has 0 aliphatic heterocycles. The van der Waals surface area contributed by atoms with Crippen LogP contribution in [-0.4, -0.2) is 18.9 Å². The van der Waals surface area contributed by atoms with E-state index >= 15 is 0 Å². The minimum Gasteiger partial charge on any atom is -0.493 e. The van der Waals surface area contributed by atoms with Crippen LogP contribution in [0, 0.1) is 5.92 Å². The first-order chi connectivity index (χ1) is 8.19. The standard InChI is InChI=1S/C13H16ClNO2/c14-11-5-10(13(16)3-4-15)6-12(7-11)17-8-9-1-2-9/h5-7,9H,1-4,8,15H2. The maximum atomic E-state index is 11.7. The SMILES string of the molecule is NCCC(=O)c1cc(Cl)cc(OCC2CC2)c1. The van der Waals surface area contributed by atoms with Gasteiger partial charge in [-0.2, -0.15) is 0 Å². The molecule has 2 N–H and O–H groups in total. The molecule has 17 heavy (non-hydrogen) atoms. The van der Waals surface area contributed by atoms with Crippen LogP contribution >= 0.6 is 11.6 Å². The van der Waals surface area contributed by atoms with Gasteiger partial charge in [0.05, 0.1) is 6.61 Å². The Labute approximate surface area is 106 Å². The van der Waals surface area contributed by atoms with Crippen molar-refractivity contribution in [3.8, 4) is 5.75 Å². The molecule has 0 unspecified atom stereocenters. The van der Waals surface area contributed by atoms with E-state index < -0.39 is 0 Å². The Morgan fingerprint density at radius 2 is 2.18 bits per heavy atom. The maximum absolute atomic E-state index is 11.7. The third kappa shape index (κ3) is 3.72. The molecule has 3 nitrogen and oxygen atoms in total. The third-order valence-corrected chi connectivity index (χ3v) is 2.97. The van der Waals surface area contributed by atoms with Gasteiger partial charge in [0.1, 0.15) is 5.75 Å². The lowest BCUT2D eigenvalue weighted by Gasteiger charge is -2.08. The summed E-state index contributed by atoms with van der Waals surface area (Å²) in [6.45, 7) is 1.06. The number of halogens is 1. The van der Waals surface area contributed by atoms with Crippen LogP contribution < -0.4 is 10.5 Å². The predicted octanol–water partition coefficient (Wildman–Crippen LogP) is 2.66. The second-order valence-corrected chi connectivity index (χ2v) is 4.83. The van der Waals surface area contributed by atoms with Crippen LogP contribution in [0.5, 0.6) is 5.75 Å². The second-order valence-electron chi connectivity index (χ2n) is 4.39. The van der Waals surface area contributed by atoms with Crippen LogP contribution in [0.15, 0.2) is 18.2 Å². The molecule has 1 aliphatic carbocycles. The molecule has 2 rings (SSSR count). The average Bonchev–Trinajstić information content (AvgIpc) is 3.10. The summed E-state index contributed by atoms with van der Waals surface area (Å²) in [5, 5.41) is 0.527. The van der Waals surface area contributed by atoms with E-state index in [0.717, 1.165) is 0 Å². The summed E-state index contributed by atoms with van der Waals surface area (Å²) >= 11 is 5.96. The Morgan fingerprint density at radius 1 is 1.41 bits per heavy atom. The first-order valence-electron chi connectivity index (χ1n) is 5.85. The molecular formula is C13H16ClNO2. The van der Waals surface area contributed by atoms with E-state index in [1.165, 1.54) is 12.8 Å². The molecule has 0 bridgehead atoms. The number of hydrogen-bond acceptors (Lipinski definition) is 3. The minimum atomic E-state index is 0.00581. The van der Waals surface area contributed by atoms with Gasteiger partial charge in [0.2, 0.25) is 0 Å². The molecular weight excluding hydrogens is 238 g/mol. The molecule has 0 heterocycles. The van der Waals surface area contributed by atoms with Gasteiger partial charge >= 0.3 is 0 Å². The van der Waals surface area contributed by atoms with Crippen LogP contribution in [0.3, 0.4) is 0 Å². The topological polar surface area (TPSA) is 52.3 Å². The summed E-state index contributed by atoms with van der Waals surface area (Å²) in [5.41, 5.74) is 5.94. The Bertz CT molecular complexity index is 416. The zero-order chi connectivity index (χ0) is 12.3. The quantitative estimate of drug-likeness (QED) is 0.793. The summed E-state index contributed by atoms with van der Waals surface area (Å²) in [6.07, 6.45) is 2.81. The van der Waals surface area contributed by atoms with Crippen LogP contribution in [-0.2, 0) is 0 Å². The van der Waals surface area contributed by atoms with E-state index in [-0.39, 0.29) is 5.78 Å². The molecule has 4 heteroatoms. The Kier molecular flexibility index (Phi) is 4.02. The molecule has 1 saturated carbocycles. The van der Waals surface area contributed by atoms with Crippen molar-refractivity contribution >= 4 is 17.4 Å². The molecule has 0 spiro atoms. The number of Topliss-reactive ketones (excluding diaryl/α,β-unsaturated/α-hetero) is 1. The lowest BCUT2D eigenvalue weighted by atomic mass is 10.1. The van der Waals surface area contributed by atoms with Crippen molar-refractivity contribution in [2.24, 2.45) is 11.7 Å². The number of ketones is 1. The molecule has 0 aromatic heterocycles. The van der Waals surface area contributed by atoms with Gasteiger partial charge in [-0.15, -0.1) is 0 Å². The zero-order valence-corrected chi connectivity index (χ0v) is 10.4. The third-order valence-electron chi connectivity index (χ3n) is 2.75. The summed E-state index contributed by atoms with van der Waals surface area (Å²) in [6, 6.07) is 5.14. The van der Waals surface area contributed by atoms with Crippen LogP contribution in [0.1, 0.15) is 29.6 Å². The lowest BCUT2D eigenvalue weighted by Crippen LogP contribution is -2.08. The van der Waals surface area contributed by atoms with Crippen molar-refractivity contribution in [3.63, 3.8) is 0 Å². The second kappa shape index (κ2) is 5.52. The van der Waals surface area contributed by atoms with E-state index in [9.17, 15) is 4.79 Å². The molecule has 1 fully saturated rings. The molecule has 0 saturated heterocycles. The first-order valence-corrected chi connectivity index (χ1v) is 6.23. The van der Waals surface area contributed by atoms with Gasteiger partial charge in [0.15, 0.2) is 5.78 Å². The van der Waals surface area contributed by atoms with Gasteiger partial charge in [-0.05, 0) is 43.5 Å². The molecule has 0 amide bonds. The fourth-order valence-electron chi connectivity index (χ4n) is 1.58. The highest BCUT2D eigenvalue weighted by molar-refractivity contribution is 6.31. The Balaban J connectivity index is 2.07. The van der Waals surface area contributed by atoms with Crippen molar-refractivity contribution < 1.29 is 9.53 Å². The highest BCUT2D eigenvalue weighted by Crippen LogP contribution is 2.30. The summed E-state index contributed by atoms with van der Waals surface area (Å²) < 4.78 is 5.61. The Morgan fingerprint density at radius 3 is 2.82 bits per heavy atom. The van der Waals surface area contributed by atoms with Crippen LogP contribution in [0.25, 0.3) is 0 Å². The summed E-state index contributed by atoms with van der Waals surface area (Å²) in [7, 11) is 0. The van der Waals surface area contributed by atoms with Crippen molar-refractivity contribution in [1.29, 1.82) is 0 Å².